The number of aryl methyl sites for hydroxylation is 1. The number of hydrogen-bond acceptors (Lipinski definition) is 6. The number of nitrogens with one attached hydrogen (secondary N) is 1. The summed E-state index contributed by atoms with van der Waals surface area (Å²) in [5, 5.41) is 11.1. The van der Waals surface area contributed by atoms with Gasteiger partial charge in [0, 0.05) is 13.0 Å². The standard InChI is InChI=1S/C16H21N5O3/c1-9(23-8-10-3-4-10)15(22)19-14-12(7-17-21(14)2)16-18-13(20-24-16)11-5-6-11/h7,9-11H,3-6,8H2,1-2H3,(H,19,22)/t9-/m0/s1. The zero-order valence-electron chi connectivity index (χ0n) is 13.9. The van der Waals surface area contributed by atoms with Crippen LogP contribution in [0.1, 0.15) is 44.3 Å². The van der Waals surface area contributed by atoms with Crippen molar-refractivity contribution >= 4 is 11.7 Å². The van der Waals surface area contributed by atoms with Crippen molar-refractivity contribution in [3.05, 3.63) is 12.0 Å². The summed E-state index contributed by atoms with van der Waals surface area (Å²) in [6.45, 7) is 2.40. The summed E-state index contributed by atoms with van der Waals surface area (Å²) in [5.74, 6) is 2.47. The Morgan fingerprint density at radius 1 is 1.46 bits per heavy atom. The van der Waals surface area contributed by atoms with Crippen molar-refractivity contribution in [2.75, 3.05) is 11.9 Å². The lowest BCUT2D eigenvalue weighted by Crippen LogP contribution is -2.29. The molecule has 8 nitrogen and oxygen atoms in total. The molecule has 1 amide bonds. The monoisotopic (exact) mass is 331 g/mol. The Morgan fingerprint density at radius 3 is 2.96 bits per heavy atom. The number of aromatic nitrogens is 4. The van der Waals surface area contributed by atoms with Gasteiger partial charge in [0.25, 0.3) is 11.8 Å². The van der Waals surface area contributed by atoms with Crippen LogP contribution in [0.15, 0.2) is 10.7 Å². The van der Waals surface area contributed by atoms with Crippen molar-refractivity contribution in [2.24, 2.45) is 13.0 Å². The lowest BCUT2D eigenvalue weighted by molar-refractivity contribution is -0.126. The molecule has 0 unspecified atom stereocenters. The third kappa shape index (κ3) is 3.19. The van der Waals surface area contributed by atoms with Gasteiger partial charge in [-0.1, -0.05) is 5.16 Å². The van der Waals surface area contributed by atoms with E-state index in [0.717, 1.165) is 18.7 Å². The molecular weight excluding hydrogens is 310 g/mol. The van der Waals surface area contributed by atoms with Gasteiger partial charge in [-0.25, -0.2) is 0 Å². The highest BCUT2D eigenvalue weighted by atomic mass is 16.5. The number of amides is 1. The normalized spacial score (nSPS) is 18.6. The lowest BCUT2D eigenvalue weighted by Gasteiger charge is -2.13. The maximum absolute atomic E-state index is 12.4. The van der Waals surface area contributed by atoms with Crippen LogP contribution in [0.3, 0.4) is 0 Å². The fourth-order valence-electron chi connectivity index (χ4n) is 2.45. The predicted molar refractivity (Wildman–Crippen MR) is 85.2 cm³/mol. The first-order chi connectivity index (χ1) is 11.6. The number of carbonyl (C=O) groups excluding carboxylic acids is 1. The van der Waals surface area contributed by atoms with Crippen LogP contribution in [0.2, 0.25) is 0 Å². The van der Waals surface area contributed by atoms with E-state index in [1.54, 1.807) is 24.9 Å². The first-order valence-electron chi connectivity index (χ1n) is 8.40. The Labute approximate surface area is 139 Å². The molecule has 24 heavy (non-hydrogen) atoms. The second-order valence-corrected chi connectivity index (χ2v) is 6.67. The van der Waals surface area contributed by atoms with Gasteiger partial charge in [-0.3, -0.25) is 9.48 Å². The summed E-state index contributed by atoms with van der Waals surface area (Å²) in [4.78, 5) is 16.8. The Morgan fingerprint density at radius 2 is 2.25 bits per heavy atom. The van der Waals surface area contributed by atoms with Crippen molar-refractivity contribution in [3.63, 3.8) is 0 Å². The minimum atomic E-state index is -0.516. The van der Waals surface area contributed by atoms with Gasteiger partial charge in [-0.2, -0.15) is 10.1 Å². The van der Waals surface area contributed by atoms with E-state index >= 15 is 0 Å². The molecule has 2 saturated carbocycles. The lowest BCUT2D eigenvalue weighted by atomic mass is 10.3. The van der Waals surface area contributed by atoms with E-state index in [4.69, 9.17) is 9.26 Å². The minimum Gasteiger partial charge on any atom is -0.368 e. The summed E-state index contributed by atoms with van der Waals surface area (Å²) >= 11 is 0. The zero-order chi connectivity index (χ0) is 16.7. The first kappa shape index (κ1) is 15.3. The summed E-state index contributed by atoms with van der Waals surface area (Å²) in [7, 11) is 1.76. The van der Waals surface area contributed by atoms with E-state index in [1.165, 1.54) is 12.8 Å². The molecule has 2 aromatic heterocycles. The van der Waals surface area contributed by atoms with Gasteiger partial charge in [0.05, 0.1) is 12.8 Å². The highest BCUT2D eigenvalue weighted by Gasteiger charge is 2.30. The Kier molecular flexibility index (Phi) is 3.84. The average Bonchev–Trinajstić information content (AvgIpc) is 3.50. The van der Waals surface area contributed by atoms with Crippen molar-refractivity contribution in [1.29, 1.82) is 0 Å². The number of ether oxygens (including phenoxy) is 1. The van der Waals surface area contributed by atoms with Crippen molar-refractivity contribution in [3.8, 4) is 11.5 Å². The highest BCUT2D eigenvalue weighted by molar-refractivity contribution is 5.96. The quantitative estimate of drug-likeness (QED) is 0.835. The van der Waals surface area contributed by atoms with Crippen molar-refractivity contribution in [1.82, 2.24) is 19.9 Å². The van der Waals surface area contributed by atoms with Crippen LogP contribution < -0.4 is 5.32 Å². The van der Waals surface area contributed by atoms with E-state index in [2.05, 4.69) is 20.6 Å². The molecular formula is C16H21N5O3. The second kappa shape index (κ2) is 6.01. The predicted octanol–water partition coefficient (Wildman–Crippen LogP) is 2.10. The number of hydrogen-bond donors (Lipinski definition) is 1. The molecule has 1 atom stereocenters. The molecule has 0 bridgehead atoms. The van der Waals surface area contributed by atoms with Crippen LogP contribution in [0.5, 0.6) is 0 Å². The van der Waals surface area contributed by atoms with Gasteiger partial charge in [0.15, 0.2) is 5.82 Å². The van der Waals surface area contributed by atoms with Crippen LogP contribution in [0.4, 0.5) is 5.82 Å². The van der Waals surface area contributed by atoms with Crippen LogP contribution in [-0.4, -0.2) is 38.5 Å². The molecule has 0 spiro atoms. The van der Waals surface area contributed by atoms with E-state index in [1.807, 2.05) is 0 Å². The van der Waals surface area contributed by atoms with Crippen LogP contribution in [-0.2, 0) is 16.6 Å². The zero-order valence-corrected chi connectivity index (χ0v) is 13.9. The minimum absolute atomic E-state index is 0.206. The summed E-state index contributed by atoms with van der Waals surface area (Å²) in [6.07, 6.45) is 5.70. The molecule has 2 fully saturated rings. The maximum Gasteiger partial charge on any atom is 0.263 e. The van der Waals surface area contributed by atoms with Gasteiger partial charge < -0.3 is 14.6 Å². The van der Waals surface area contributed by atoms with Crippen LogP contribution in [0.25, 0.3) is 11.5 Å². The number of nitrogens with zero attached hydrogens (tertiary/aromatic N) is 4. The average molecular weight is 331 g/mol. The number of anilines is 1. The van der Waals surface area contributed by atoms with E-state index in [0.29, 0.717) is 35.7 Å². The highest BCUT2D eigenvalue weighted by Crippen LogP contribution is 2.39. The summed E-state index contributed by atoms with van der Waals surface area (Å²) in [5.41, 5.74) is 0.625. The Bertz CT molecular complexity index is 745. The topological polar surface area (TPSA) is 95.1 Å². The SMILES string of the molecule is C[C@H](OCC1CC1)C(=O)Nc1c(-c2nc(C3CC3)no2)cnn1C. The molecule has 2 aromatic rings. The fraction of sp³-hybridized carbons (Fsp3) is 0.625. The van der Waals surface area contributed by atoms with Crippen LogP contribution >= 0.6 is 0 Å². The van der Waals surface area contributed by atoms with Gasteiger partial charge in [-0.05, 0) is 38.5 Å². The fourth-order valence-corrected chi connectivity index (χ4v) is 2.45. The molecule has 0 radical (unpaired) electrons. The molecule has 2 heterocycles. The summed E-state index contributed by atoms with van der Waals surface area (Å²) in [6, 6.07) is 0. The molecule has 2 aliphatic rings. The number of rotatable bonds is 7. The van der Waals surface area contributed by atoms with Crippen molar-refractivity contribution < 1.29 is 14.1 Å². The third-order valence-electron chi connectivity index (χ3n) is 4.44. The first-order valence-corrected chi connectivity index (χ1v) is 8.40. The number of carbonyl (C=O) groups is 1. The van der Waals surface area contributed by atoms with E-state index in [9.17, 15) is 4.79 Å². The van der Waals surface area contributed by atoms with E-state index in [-0.39, 0.29) is 5.91 Å². The summed E-state index contributed by atoms with van der Waals surface area (Å²) < 4.78 is 12.5. The Hall–Kier alpha value is -2.22. The third-order valence-corrected chi connectivity index (χ3v) is 4.44. The molecule has 0 aromatic carbocycles. The molecule has 128 valence electrons. The van der Waals surface area contributed by atoms with Gasteiger partial charge >= 0.3 is 0 Å². The van der Waals surface area contributed by atoms with Crippen LogP contribution in [0, 0.1) is 5.92 Å². The molecule has 2 aliphatic carbocycles. The molecule has 8 heteroatoms. The van der Waals surface area contributed by atoms with E-state index < -0.39 is 6.10 Å². The largest absolute Gasteiger partial charge is 0.368 e. The second-order valence-electron chi connectivity index (χ2n) is 6.67. The van der Waals surface area contributed by atoms with Gasteiger partial charge in [-0.15, -0.1) is 0 Å². The molecule has 1 N–H and O–H groups in total. The molecule has 0 saturated heterocycles. The van der Waals surface area contributed by atoms with Crippen molar-refractivity contribution in [2.45, 2.75) is 44.6 Å². The maximum atomic E-state index is 12.4. The smallest absolute Gasteiger partial charge is 0.263 e. The molecule has 4 rings (SSSR count). The Balaban J connectivity index is 1.47. The molecule has 0 aliphatic heterocycles. The van der Waals surface area contributed by atoms with Gasteiger partial charge in [0.2, 0.25) is 0 Å². The van der Waals surface area contributed by atoms with Gasteiger partial charge in [0.1, 0.15) is 17.5 Å².